The minimum Gasteiger partial charge on any atom is -0.305 e. The quantitative estimate of drug-likeness (QED) is 0.309. The Morgan fingerprint density at radius 1 is 1.21 bits per heavy atom. The van der Waals surface area contributed by atoms with Crippen molar-refractivity contribution in [2.24, 2.45) is 12.5 Å². The second-order valence-corrected chi connectivity index (χ2v) is 10.0. The van der Waals surface area contributed by atoms with Gasteiger partial charge in [0, 0.05) is 37.3 Å². The summed E-state index contributed by atoms with van der Waals surface area (Å²) in [6.45, 7) is 5.27. The predicted molar refractivity (Wildman–Crippen MR) is 136 cm³/mol. The van der Waals surface area contributed by atoms with Crippen LogP contribution in [-0.2, 0) is 7.05 Å². The van der Waals surface area contributed by atoms with E-state index in [1.807, 2.05) is 49.0 Å². The van der Waals surface area contributed by atoms with Gasteiger partial charge in [0.1, 0.15) is 5.82 Å². The molecule has 0 unspecified atom stereocenters. The molecule has 0 radical (unpaired) electrons. The van der Waals surface area contributed by atoms with Gasteiger partial charge in [0.2, 0.25) is 0 Å². The van der Waals surface area contributed by atoms with E-state index in [1.54, 1.807) is 24.0 Å². The summed E-state index contributed by atoms with van der Waals surface area (Å²) in [5.74, 6) is 2.24. The lowest BCUT2D eigenvalue weighted by atomic mass is 9.97. The molecule has 0 amide bonds. The van der Waals surface area contributed by atoms with Crippen LogP contribution in [0.3, 0.4) is 0 Å². The van der Waals surface area contributed by atoms with Gasteiger partial charge in [-0.2, -0.15) is 0 Å². The van der Waals surface area contributed by atoms with Crippen LogP contribution in [0.1, 0.15) is 36.3 Å². The largest absolute Gasteiger partial charge is 0.305 e. The minimum absolute atomic E-state index is 0. The highest BCUT2D eigenvalue weighted by atomic mass is 35.5. The van der Waals surface area contributed by atoms with Gasteiger partial charge in [0.05, 0.1) is 0 Å². The predicted octanol–water partition coefficient (Wildman–Crippen LogP) is 5.53. The number of hydrogen-bond acceptors (Lipinski definition) is 5. The fourth-order valence-electron chi connectivity index (χ4n) is 4.97. The Balaban J connectivity index is 0.00000153. The highest BCUT2D eigenvalue weighted by Crippen LogP contribution is 2.64. The van der Waals surface area contributed by atoms with E-state index in [2.05, 4.69) is 20.1 Å². The number of rotatable bonds is 7. The zero-order chi connectivity index (χ0) is 21.4. The van der Waals surface area contributed by atoms with Crippen LogP contribution in [0.5, 0.6) is 0 Å². The Morgan fingerprint density at radius 2 is 2.06 bits per heavy atom. The summed E-state index contributed by atoms with van der Waals surface area (Å²) in [6, 6.07) is 9.64. The summed E-state index contributed by atoms with van der Waals surface area (Å²) in [5, 5.41) is 9.62. The number of thioether (sulfide) groups is 1. The molecule has 2 fully saturated rings. The number of likely N-dealkylation sites (tertiary alicyclic amines) is 1. The van der Waals surface area contributed by atoms with Crippen LogP contribution in [0, 0.1) is 18.2 Å². The lowest BCUT2D eigenvalue weighted by Gasteiger charge is -2.16. The van der Waals surface area contributed by atoms with Gasteiger partial charge >= 0.3 is 0 Å². The maximum absolute atomic E-state index is 14.4. The first-order chi connectivity index (χ1) is 15.1. The standard InChI is InChI=1S/C24H28FN5S.2ClH/c1-17-6-7-19(21(25)13-17)20-14-24(20)8-11-30(16-24)10-4-12-31-23-28-27-22(29(23)2)18-5-3-9-26-15-18;;/h3,5-7,9,13,15,20H,4,8,10-12,14,16H2,1-2H3;2*1H/t20-,24+;;/m0../s1. The van der Waals surface area contributed by atoms with Crippen molar-refractivity contribution in [1.29, 1.82) is 0 Å². The van der Waals surface area contributed by atoms with E-state index in [0.29, 0.717) is 11.3 Å². The first-order valence-corrected chi connectivity index (χ1v) is 12.0. The van der Waals surface area contributed by atoms with Crippen LogP contribution in [0.4, 0.5) is 4.39 Å². The molecule has 2 aliphatic rings. The summed E-state index contributed by atoms with van der Waals surface area (Å²) in [4.78, 5) is 6.73. The molecule has 1 aromatic carbocycles. The maximum Gasteiger partial charge on any atom is 0.191 e. The Morgan fingerprint density at radius 3 is 2.82 bits per heavy atom. The van der Waals surface area contributed by atoms with Gasteiger partial charge in [-0.25, -0.2) is 4.39 Å². The van der Waals surface area contributed by atoms with Crippen LogP contribution < -0.4 is 0 Å². The van der Waals surface area contributed by atoms with Gasteiger partial charge in [-0.1, -0.05) is 23.9 Å². The van der Waals surface area contributed by atoms with Gasteiger partial charge in [0.15, 0.2) is 11.0 Å². The van der Waals surface area contributed by atoms with E-state index in [1.165, 1.54) is 6.42 Å². The first kappa shape index (κ1) is 25.9. The van der Waals surface area contributed by atoms with Crippen molar-refractivity contribution >= 4 is 36.6 Å². The number of hydrogen-bond donors (Lipinski definition) is 0. The molecular formula is C24H30Cl2FN5S. The second kappa shape index (κ2) is 10.7. The number of aryl methyl sites for hydroxylation is 1. The van der Waals surface area contributed by atoms with Crippen LogP contribution in [0.2, 0.25) is 0 Å². The second-order valence-electron chi connectivity index (χ2n) is 8.98. The molecule has 3 aromatic rings. The molecule has 3 heterocycles. The smallest absolute Gasteiger partial charge is 0.191 e. The summed E-state index contributed by atoms with van der Waals surface area (Å²) in [5.41, 5.74) is 3.22. The topological polar surface area (TPSA) is 46.8 Å². The van der Waals surface area contributed by atoms with Crippen molar-refractivity contribution in [2.75, 3.05) is 25.4 Å². The maximum atomic E-state index is 14.4. The Hall–Kier alpha value is -1.67. The van der Waals surface area contributed by atoms with E-state index >= 15 is 0 Å². The molecule has 1 saturated carbocycles. The van der Waals surface area contributed by atoms with E-state index in [0.717, 1.165) is 65.9 Å². The van der Waals surface area contributed by atoms with E-state index in [-0.39, 0.29) is 30.6 Å². The molecule has 0 N–H and O–H groups in total. The molecule has 2 aromatic heterocycles. The average molecular weight is 511 g/mol. The normalized spacial score (nSPS) is 21.6. The van der Waals surface area contributed by atoms with Gasteiger partial charge in [-0.05, 0) is 79.9 Å². The number of benzene rings is 1. The summed E-state index contributed by atoms with van der Waals surface area (Å²) in [6.07, 6.45) is 7.01. The monoisotopic (exact) mass is 509 g/mol. The van der Waals surface area contributed by atoms with Crippen LogP contribution >= 0.6 is 36.6 Å². The lowest BCUT2D eigenvalue weighted by Crippen LogP contribution is -2.23. The molecule has 1 spiro atoms. The molecule has 1 aliphatic heterocycles. The van der Waals surface area contributed by atoms with Crippen molar-refractivity contribution < 1.29 is 4.39 Å². The number of aromatic nitrogens is 4. The number of halogens is 3. The molecule has 178 valence electrons. The van der Waals surface area contributed by atoms with Crippen molar-refractivity contribution in [3.05, 3.63) is 59.7 Å². The highest BCUT2D eigenvalue weighted by molar-refractivity contribution is 7.99. The molecule has 5 nitrogen and oxygen atoms in total. The molecule has 5 rings (SSSR count). The van der Waals surface area contributed by atoms with Crippen LogP contribution in [0.15, 0.2) is 47.9 Å². The molecule has 0 bridgehead atoms. The third kappa shape index (κ3) is 5.37. The Bertz CT molecular complexity index is 1080. The molecular weight excluding hydrogens is 480 g/mol. The Kier molecular flexibility index (Phi) is 8.43. The number of pyridine rings is 1. The van der Waals surface area contributed by atoms with Crippen molar-refractivity contribution in [3.8, 4) is 11.4 Å². The van der Waals surface area contributed by atoms with Crippen molar-refractivity contribution in [3.63, 3.8) is 0 Å². The van der Waals surface area contributed by atoms with Gasteiger partial charge in [0.25, 0.3) is 0 Å². The van der Waals surface area contributed by atoms with Crippen LogP contribution in [-0.4, -0.2) is 50.0 Å². The minimum atomic E-state index is -0.0222. The lowest BCUT2D eigenvalue weighted by molar-refractivity contribution is 0.319. The summed E-state index contributed by atoms with van der Waals surface area (Å²) < 4.78 is 16.4. The SMILES string of the molecule is Cc1ccc([C@@H]2C[C@@]23CCN(CCCSc2nnc(-c4cccnc4)n2C)C3)c(F)c1.Cl.Cl. The summed E-state index contributed by atoms with van der Waals surface area (Å²) in [7, 11) is 2.01. The zero-order valence-corrected chi connectivity index (χ0v) is 21.4. The molecule has 9 heteroatoms. The van der Waals surface area contributed by atoms with Crippen LogP contribution in [0.25, 0.3) is 11.4 Å². The molecule has 1 aliphatic carbocycles. The third-order valence-electron chi connectivity index (χ3n) is 6.79. The number of nitrogens with zero attached hydrogens (tertiary/aromatic N) is 5. The van der Waals surface area contributed by atoms with Crippen molar-refractivity contribution in [1.82, 2.24) is 24.6 Å². The van der Waals surface area contributed by atoms with Crippen molar-refractivity contribution in [2.45, 2.75) is 37.3 Å². The van der Waals surface area contributed by atoms with E-state index < -0.39 is 0 Å². The Labute approximate surface area is 211 Å². The molecule has 1 saturated heterocycles. The highest BCUT2D eigenvalue weighted by Gasteiger charge is 2.58. The summed E-state index contributed by atoms with van der Waals surface area (Å²) >= 11 is 1.75. The molecule has 2 atom stereocenters. The molecule has 33 heavy (non-hydrogen) atoms. The van der Waals surface area contributed by atoms with Gasteiger partial charge < -0.3 is 9.47 Å². The third-order valence-corrected chi connectivity index (χ3v) is 7.90. The van der Waals surface area contributed by atoms with E-state index in [9.17, 15) is 4.39 Å². The average Bonchev–Trinajstić information content (AvgIpc) is 3.10. The van der Waals surface area contributed by atoms with Gasteiger partial charge in [-0.3, -0.25) is 4.98 Å². The first-order valence-electron chi connectivity index (χ1n) is 11.0. The van der Waals surface area contributed by atoms with Gasteiger partial charge in [-0.15, -0.1) is 35.0 Å². The zero-order valence-electron chi connectivity index (χ0n) is 18.9. The van der Waals surface area contributed by atoms with E-state index in [4.69, 9.17) is 0 Å². The fourth-order valence-corrected chi connectivity index (χ4v) is 5.80. The fraction of sp³-hybridized carbons (Fsp3) is 0.458.